The zero-order valence-corrected chi connectivity index (χ0v) is 17.7. The number of nitrogens with zero attached hydrogens (tertiary/aromatic N) is 3. The molecule has 2 saturated heterocycles. The molecule has 10 heteroatoms. The molecule has 2 aliphatic rings. The van der Waals surface area contributed by atoms with Gasteiger partial charge < -0.3 is 26.4 Å². The topological polar surface area (TPSA) is 116 Å². The largest absolute Gasteiger partial charge is 0.396 e. The Morgan fingerprint density at radius 2 is 2.00 bits per heavy atom. The molecule has 0 aliphatic carbocycles. The minimum absolute atomic E-state index is 0.0303. The van der Waals surface area contributed by atoms with Crippen molar-refractivity contribution in [1.82, 2.24) is 15.3 Å². The van der Waals surface area contributed by atoms with E-state index in [9.17, 15) is 18.7 Å². The Morgan fingerprint density at radius 1 is 1.28 bits per heavy atom. The lowest BCUT2D eigenvalue weighted by atomic mass is 9.90. The Kier molecular flexibility index (Phi) is 6.52. The van der Waals surface area contributed by atoms with Gasteiger partial charge in [0.2, 0.25) is 0 Å². The third-order valence-electron chi connectivity index (χ3n) is 6.27. The molecule has 5 N–H and O–H groups in total. The molecule has 3 heterocycles. The van der Waals surface area contributed by atoms with Gasteiger partial charge in [-0.15, -0.1) is 0 Å². The summed E-state index contributed by atoms with van der Waals surface area (Å²) < 4.78 is 27.9. The maximum Gasteiger partial charge on any atom is 0.271 e. The second-order valence-electron chi connectivity index (χ2n) is 8.40. The van der Waals surface area contributed by atoms with Crippen LogP contribution in [0.5, 0.6) is 0 Å². The number of primary amides is 1. The van der Waals surface area contributed by atoms with E-state index in [1.165, 1.54) is 11.8 Å². The molecule has 0 unspecified atom stereocenters. The van der Waals surface area contributed by atoms with Gasteiger partial charge in [0.1, 0.15) is 5.82 Å². The number of carbonyl (C=O) groups is 1. The number of aromatic nitrogens is 2. The van der Waals surface area contributed by atoms with Gasteiger partial charge in [-0.25, -0.2) is 18.7 Å². The quantitative estimate of drug-likeness (QED) is 0.538. The van der Waals surface area contributed by atoms with Crippen molar-refractivity contribution in [2.45, 2.75) is 31.1 Å². The molecule has 0 spiro atoms. The van der Waals surface area contributed by atoms with Gasteiger partial charge in [-0.05, 0) is 49.5 Å². The molecule has 1 aromatic heterocycles. The lowest BCUT2D eigenvalue weighted by Crippen LogP contribution is -2.49. The van der Waals surface area contributed by atoms with Gasteiger partial charge in [0.25, 0.3) is 11.8 Å². The molecular weight excluding hydrogens is 418 g/mol. The van der Waals surface area contributed by atoms with E-state index < -0.39 is 30.8 Å². The Bertz CT molecular complexity index is 950. The van der Waals surface area contributed by atoms with E-state index in [2.05, 4.69) is 32.7 Å². The number of aliphatic hydroxyl groups excluding tert-OH is 1. The van der Waals surface area contributed by atoms with Crippen LogP contribution < -0.4 is 21.3 Å². The molecule has 1 atom stereocenters. The van der Waals surface area contributed by atoms with E-state index in [1.807, 2.05) is 12.1 Å². The second kappa shape index (κ2) is 9.33. The fourth-order valence-electron chi connectivity index (χ4n) is 4.31. The molecule has 0 bridgehead atoms. The van der Waals surface area contributed by atoms with Crippen LogP contribution in [0.15, 0.2) is 30.5 Å². The average Bonchev–Trinajstić information content (AvgIpc) is 2.80. The third-order valence-corrected chi connectivity index (χ3v) is 6.27. The van der Waals surface area contributed by atoms with Gasteiger partial charge in [0.05, 0.1) is 18.7 Å². The number of nitrogens with one attached hydrogen (secondary N) is 2. The highest BCUT2D eigenvalue weighted by Crippen LogP contribution is 2.35. The van der Waals surface area contributed by atoms with Crippen LogP contribution in [0.4, 0.5) is 26.1 Å². The van der Waals surface area contributed by atoms with Crippen molar-refractivity contribution < 1.29 is 18.7 Å². The minimum atomic E-state index is -2.93. The van der Waals surface area contributed by atoms with Crippen LogP contribution >= 0.6 is 0 Å². The molecule has 0 radical (unpaired) electrons. The molecule has 172 valence electrons. The molecule has 2 aromatic rings. The number of alkyl halides is 2. The van der Waals surface area contributed by atoms with E-state index in [4.69, 9.17) is 5.73 Å². The van der Waals surface area contributed by atoms with E-state index >= 15 is 0 Å². The number of anilines is 3. The average molecular weight is 447 g/mol. The molecule has 4 rings (SSSR count). The van der Waals surface area contributed by atoms with Crippen LogP contribution in [0, 0.1) is 5.92 Å². The SMILES string of the molecule is NC(=O)c1ncc(N2CCC(F)(F)[C@H](CO)C2)nc1Nc1ccc(C2CCNCC2)cc1. The summed E-state index contributed by atoms with van der Waals surface area (Å²) in [6.07, 6.45) is 3.15. The number of halogens is 2. The zero-order chi connectivity index (χ0) is 22.7. The van der Waals surface area contributed by atoms with Gasteiger partial charge in [-0.1, -0.05) is 12.1 Å². The van der Waals surface area contributed by atoms with Crippen LogP contribution in [0.2, 0.25) is 0 Å². The first-order valence-electron chi connectivity index (χ1n) is 10.9. The Labute approximate surface area is 185 Å². The van der Waals surface area contributed by atoms with Gasteiger partial charge in [-0.2, -0.15) is 0 Å². The van der Waals surface area contributed by atoms with Crippen molar-refractivity contribution in [3.05, 3.63) is 41.7 Å². The Hall–Kier alpha value is -2.85. The summed E-state index contributed by atoms with van der Waals surface area (Å²) >= 11 is 0. The van der Waals surface area contributed by atoms with E-state index in [0.717, 1.165) is 31.6 Å². The number of piperidine rings is 2. The maximum atomic E-state index is 14.0. The maximum absolute atomic E-state index is 14.0. The van der Waals surface area contributed by atoms with Gasteiger partial charge >= 0.3 is 0 Å². The van der Waals surface area contributed by atoms with Crippen LogP contribution in [0.3, 0.4) is 0 Å². The van der Waals surface area contributed by atoms with Crippen molar-refractivity contribution in [2.75, 3.05) is 43.0 Å². The minimum Gasteiger partial charge on any atom is -0.396 e. The number of benzene rings is 1. The zero-order valence-electron chi connectivity index (χ0n) is 17.7. The fraction of sp³-hybridized carbons (Fsp3) is 0.500. The summed E-state index contributed by atoms with van der Waals surface area (Å²) in [5.74, 6) is -3.82. The van der Waals surface area contributed by atoms with Crippen molar-refractivity contribution in [2.24, 2.45) is 11.7 Å². The standard InChI is InChI=1S/C22H28F2N6O2/c23-22(24)7-10-30(12-16(22)13-31)18-11-27-19(20(25)32)21(29-18)28-17-3-1-14(2-4-17)15-5-8-26-9-6-15/h1-4,11,15-16,26,31H,5-10,12-13H2,(H2,25,32)(H,28,29)/t16-/m0/s1. The highest BCUT2D eigenvalue weighted by Gasteiger charge is 2.44. The van der Waals surface area contributed by atoms with Crippen molar-refractivity contribution >= 4 is 23.2 Å². The van der Waals surface area contributed by atoms with Crippen LogP contribution in [-0.4, -0.2) is 59.7 Å². The molecule has 1 amide bonds. The Morgan fingerprint density at radius 3 is 2.66 bits per heavy atom. The predicted octanol–water partition coefficient (Wildman–Crippen LogP) is 2.24. The van der Waals surface area contributed by atoms with Gasteiger partial charge in [0, 0.05) is 25.2 Å². The molecule has 1 aromatic carbocycles. The number of rotatable bonds is 6. The van der Waals surface area contributed by atoms with Crippen LogP contribution in [0.1, 0.15) is 41.2 Å². The molecular formula is C22H28F2N6O2. The van der Waals surface area contributed by atoms with E-state index in [-0.39, 0.29) is 24.6 Å². The molecule has 32 heavy (non-hydrogen) atoms. The van der Waals surface area contributed by atoms with Crippen molar-refractivity contribution in [3.8, 4) is 0 Å². The third kappa shape index (κ3) is 4.81. The van der Waals surface area contributed by atoms with E-state index in [0.29, 0.717) is 11.7 Å². The number of carbonyl (C=O) groups excluding carboxylic acids is 1. The first-order chi connectivity index (χ1) is 15.4. The van der Waals surface area contributed by atoms with Gasteiger partial charge in [-0.3, -0.25) is 4.79 Å². The van der Waals surface area contributed by atoms with E-state index in [1.54, 1.807) is 4.90 Å². The highest BCUT2D eigenvalue weighted by atomic mass is 19.3. The smallest absolute Gasteiger partial charge is 0.271 e. The molecule has 2 fully saturated rings. The first-order valence-corrected chi connectivity index (χ1v) is 10.9. The molecule has 2 aliphatic heterocycles. The number of hydrogen-bond donors (Lipinski definition) is 4. The van der Waals surface area contributed by atoms with Crippen LogP contribution in [-0.2, 0) is 0 Å². The lowest BCUT2D eigenvalue weighted by molar-refractivity contribution is -0.0880. The number of aliphatic hydroxyl groups is 1. The first kappa shape index (κ1) is 22.3. The number of hydrogen-bond acceptors (Lipinski definition) is 7. The summed E-state index contributed by atoms with van der Waals surface area (Å²) in [6.45, 7) is 1.41. The molecule has 8 nitrogen and oxygen atoms in total. The van der Waals surface area contributed by atoms with Crippen LogP contribution in [0.25, 0.3) is 0 Å². The van der Waals surface area contributed by atoms with Gasteiger partial charge in [0.15, 0.2) is 11.5 Å². The Balaban J connectivity index is 1.54. The summed E-state index contributed by atoms with van der Waals surface area (Å²) in [6, 6.07) is 7.94. The fourth-order valence-corrected chi connectivity index (χ4v) is 4.31. The normalized spacial score (nSPS) is 21.3. The number of nitrogens with two attached hydrogens (primary N) is 1. The number of amides is 1. The second-order valence-corrected chi connectivity index (χ2v) is 8.40. The summed E-state index contributed by atoms with van der Waals surface area (Å²) in [7, 11) is 0. The monoisotopic (exact) mass is 446 g/mol. The summed E-state index contributed by atoms with van der Waals surface area (Å²) in [5, 5.41) is 15.8. The summed E-state index contributed by atoms with van der Waals surface area (Å²) in [4.78, 5) is 22.1. The summed E-state index contributed by atoms with van der Waals surface area (Å²) in [5.41, 5.74) is 7.41. The molecule has 0 saturated carbocycles. The lowest BCUT2D eigenvalue weighted by Gasteiger charge is -2.38. The predicted molar refractivity (Wildman–Crippen MR) is 117 cm³/mol. The van der Waals surface area contributed by atoms with Crippen molar-refractivity contribution in [1.29, 1.82) is 0 Å². The van der Waals surface area contributed by atoms with Crippen molar-refractivity contribution in [3.63, 3.8) is 0 Å². The highest BCUT2D eigenvalue weighted by molar-refractivity contribution is 5.96.